The highest BCUT2D eigenvalue weighted by Gasteiger charge is 2.44. The molecule has 5 nitrogen and oxygen atoms in total. The molecule has 2 fully saturated rings. The number of nitrogens with zero attached hydrogens (tertiary/aromatic N) is 1. The van der Waals surface area contributed by atoms with E-state index < -0.39 is 18.2 Å². The van der Waals surface area contributed by atoms with E-state index in [0.29, 0.717) is 32.1 Å². The summed E-state index contributed by atoms with van der Waals surface area (Å²) >= 11 is 7.66. The van der Waals surface area contributed by atoms with Gasteiger partial charge in [-0.05, 0) is 69.4 Å². The lowest BCUT2D eigenvalue weighted by molar-refractivity contribution is -0.137. The SMILES string of the molecule is N#CC1C[C@@H](O)C(/C=C/CC(O)C2(Cc3ccc(Cl)s3)CCC2)[C@H]1C/C=C\CCCC(=O)O. The molecule has 2 aliphatic carbocycles. The van der Waals surface area contributed by atoms with Crippen LogP contribution in [0.4, 0.5) is 0 Å². The first kappa shape index (κ1) is 26.0. The van der Waals surface area contributed by atoms with E-state index in [-0.39, 0.29) is 29.6 Å². The first-order valence-corrected chi connectivity index (χ1v) is 13.1. The summed E-state index contributed by atoms with van der Waals surface area (Å²) in [5, 5.41) is 39.9. The molecule has 0 radical (unpaired) electrons. The summed E-state index contributed by atoms with van der Waals surface area (Å²) in [5.74, 6) is -1.08. The van der Waals surface area contributed by atoms with Crippen molar-refractivity contribution in [2.45, 2.75) is 76.4 Å². The van der Waals surface area contributed by atoms with Crippen molar-refractivity contribution in [3.8, 4) is 6.07 Å². The molecule has 3 rings (SSSR count). The maximum atomic E-state index is 11.0. The third-order valence-electron chi connectivity index (χ3n) is 7.38. The largest absolute Gasteiger partial charge is 0.481 e. The number of hydrogen-bond donors (Lipinski definition) is 3. The Bertz CT molecular complexity index is 885. The van der Waals surface area contributed by atoms with Crippen molar-refractivity contribution in [1.29, 1.82) is 5.26 Å². The Hall–Kier alpha value is -1.65. The lowest BCUT2D eigenvalue weighted by Crippen LogP contribution is -2.42. The van der Waals surface area contributed by atoms with Crippen molar-refractivity contribution < 1.29 is 20.1 Å². The van der Waals surface area contributed by atoms with Gasteiger partial charge in [0.15, 0.2) is 0 Å². The molecule has 0 saturated heterocycles. The Morgan fingerprint density at radius 2 is 2.12 bits per heavy atom. The van der Waals surface area contributed by atoms with Crippen LogP contribution < -0.4 is 0 Å². The molecule has 0 amide bonds. The first-order chi connectivity index (χ1) is 15.8. The maximum absolute atomic E-state index is 11.0. The Labute approximate surface area is 205 Å². The van der Waals surface area contributed by atoms with E-state index in [9.17, 15) is 20.3 Å². The van der Waals surface area contributed by atoms with Crippen molar-refractivity contribution >= 4 is 28.9 Å². The number of carboxylic acid groups (broad SMARTS) is 1. The van der Waals surface area contributed by atoms with Gasteiger partial charge in [0.1, 0.15) is 0 Å². The third kappa shape index (κ3) is 6.93. The van der Waals surface area contributed by atoms with Crippen LogP contribution in [0.1, 0.15) is 62.7 Å². The summed E-state index contributed by atoms with van der Waals surface area (Å²) in [6.45, 7) is 0. The van der Waals surface area contributed by atoms with Gasteiger partial charge in [0.2, 0.25) is 0 Å². The fourth-order valence-electron chi connectivity index (χ4n) is 5.30. The Kier molecular flexibility index (Phi) is 9.57. The molecular weight excluding hydrogens is 458 g/mol. The monoisotopic (exact) mass is 491 g/mol. The van der Waals surface area contributed by atoms with E-state index in [2.05, 4.69) is 6.07 Å². The zero-order chi connectivity index (χ0) is 23.8. The zero-order valence-corrected chi connectivity index (χ0v) is 20.5. The van der Waals surface area contributed by atoms with E-state index in [1.165, 1.54) is 4.88 Å². The molecule has 1 aromatic heterocycles. The molecule has 180 valence electrons. The van der Waals surface area contributed by atoms with Crippen LogP contribution in [0.25, 0.3) is 0 Å². The molecule has 33 heavy (non-hydrogen) atoms. The quantitative estimate of drug-likeness (QED) is 0.255. The number of aliphatic carboxylic acids is 1. The van der Waals surface area contributed by atoms with Gasteiger partial charge in [0, 0.05) is 22.6 Å². The summed E-state index contributed by atoms with van der Waals surface area (Å²) in [4.78, 5) is 11.8. The maximum Gasteiger partial charge on any atom is 0.303 e. The van der Waals surface area contributed by atoms with Crippen LogP contribution in [0.3, 0.4) is 0 Å². The van der Waals surface area contributed by atoms with Crippen LogP contribution in [-0.4, -0.2) is 33.5 Å². The number of halogens is 1. The molecule has 0 bridgehead atoms. The second kappa shape index (κ2) is 12.2. The number of unbranched alkanes of at least 4 members (excludes halogenated alkanes) is 1. The molecule has 0 spiro atoms. The van der Waals surface area contributed by atoms with E-state index in [4.69, 9.17) is 16.7 Å². The average molecular weight is 492 g/mol. The highest BCUT2D eigenvalue weighted by atomic mass is 35.5. The van der Waals surface area contributed by atoms with Crippen molar-refractivity contribution in [3.05, 3.63) is 45.7 Å². The van der Waals surface area contributed by atoms with Crippen molar-refractivity contribution in [3.63, 3.8) is 0 Å². The summed E-state index contributed by atoms with van der Waals surface area (Å²) in [5.41, 5.74) is -0.0971. The molecule has 3 N–H and O–H groups in total. The lowest BCUT2D eigenvalue weighted by Gasteiger charge is -2.45. The number of nitriles is 1. The van der Waals surface area contributed by atoms with Gasteiger partial charge in [0.05, 0.1) is 28.5 Å². The van der Waals surface area contributed by atoms with Crippen LogP contribution in [-0.2, 0) is 11.2 Å². The minimum Gasteiger partial charge on any atom is -0.481 e. The Morgan fingerprint density at radius 3 is 2.73 bits per heavy atom. The number of rotatable bonds is 12. The van der Waals surface area contributed by atoms with Crippen molar-refractivity contribution in [1.82, 2.24) is 0 Å². The molecule has 0 aliphatic heterocycles. The van der Waals surface area contributed by atoms with E-state index >= 15 is 0 Å². The second-order valence-corrected chi connectivity index (χ2v) is 11.4. The number of carbonyl (C=O) groups is 1. The van der Waals surface area contributed by atoms with E-state index in [0.717, 1.165) is 30.0 Å². The number of thiophene rings is 1. The number of aliphatic hydroxyl groups excluding tert-OH is 2. The van der Waals surface area contributed by atoms with E-state index in [1.54, 1.807) is 11.3 Å². The fourth-order valence-corrected chi connectivity index (χ4v) is 6.54. The number of allylic oxidation sites excluding steroid dienone is 2. The molecule has 1 aromatic rings. The van der Waals surface area contributed by atoms with Gasteiger partial charge in [0.25, 0.3) is 0 Å². The third-order valence-corrected chi connectivity index (χ3v) is 8.61. The number of aliphatic hydroxyl groups is 2. The van der Waals surface area contributed by atoms with Gasteiger partial charge in [-0.25, -0.2) is 0 Å². The number of hydrogen-bond acceptors (Lipinski definition) is 5. The predicted molar refractivity (Wildman–Crippen MR) is 131 cm³/mol. The Balaban J connectivity index is 1.56. The second-order valence-electron chi connectivity index (χ2n) is 9.55. The Morgan fingerprint density at radius 1 is 1.33 bits per heavy atom. The highest BCUT2D eigenvalue weighted by Crippen LogP contribution is 2.49. The smallest absolute Gasteiger partial charge is 0.303 e. The van der Waals surface area contributed by atoms with Crippen LogP contribution in [0, 0.1) is 34.5 Å². The van der Waals surface area contributed by atoms with Crippen LogP contribution >= 0.6 is 22.9 Å². The van der Waals surface area contributed by atoms with Gasteiger partial charge < -0.3 is 15.3 Å². The number of carboxylic acids is 1. The topological polar surface area (TPSA) is 102 Å². The van der Waals surface area contributed by atoms with Crippen LogP contribution in [0.5, 0.6) is 0 Å². The highest BCUT2D eigenvalue weighted by molar-refractivity contribution is 7.16. The first-order valence-electron chi connectivity index (χ1n) is 11.9. The van der Waals surface area contributed by atoms with Gasteiger partial charge >= 0.3 is 5.97 Å². The summed E-state index contributed by atoms with van der Waals surface area (Å²) < 4.78 is 0.776. The predicted octanol–water partition coefficient (Wildman–Crippen LogP) is 5.76. The minimum atomic E-state index is -0.790. The van der Waals surface area contributed by atoms with Crippen molar-refractivity contribution in [2.75, 3.05) is 0 Å². The fraction of sp³-hybridized carbons (Fsp3) is 0.615. The normalized spacial score (nSPS) is 27.6. The van der Waals surface area contributed by atoms with Gasteiger partial charge in [-0.2, -0.15) is 5.26 Å². The molecule has 3 unspecified atom stereocenters. The molecule has 0 aromatic carbocycles. The van der Waals surface area contributed by atoms with Gasteiger partial charge in [-0.1, -0.05) is 42.3 Å². The molecular formula is C26H34ClNO4S. The van der Waals surface area contributed by atoms with Crippen LogP contribution in [0.2, 0.25) is 4.34 Å². The minimum absolute atomic E-state index is 0.0278. The molecule has 2 saturated carbocycles. The molecule has 2 aliphatic rings. The molecule has 5 atom stereocenters. The zero-order valence-electron chi connectivity index (χ0n) is 18.9. The van der Waals surface area contributed by atoms with Crippen LogP contribution in [0.15, 0.2) is 36.4 Å². The van der Waals surface area contributed by atoms with Gasteiger partial charge in [-0.15, -0.1) is 11.3 Å². The standard InChI is InChI=1S/C26H34ClNO4S/c27-24-12-11-19(33-24)16-26(13-6-14-26)23(30)9-5-8-21-20(18(17-28)15-22(21)29)7-3-1-2-4-10-25(31)32/h1,3,5,8,11-12,18,20-23,29-30H,2,4,6-7,9-10,13-16H2,(H,31,32)/b3-1-,8-5+/t18?,20-,21?,22+,23?/m0/s1. The summed E-state index contributed by atoms with van der Waals surface area (Å²) in [6.07, 6.45) is 14.1. The lowest BCUT2D eigenvalue weighted by atomic mass is 9.62. The van der Waals surface area contributed by atoms with E-state index in [1.807, 2.05) is 36.4 Å². The summed E-state index contributed by atoms with van der Waals surface area (Å²) in [7, 11) is 0. The summed E-state index contributed by atoms with van der Waals surface area (Å²) in [6, 6.07) is 6.31. The van der Waals surface area contributed by atoms with Gasteiger partial charge in [-0.3, -0.25) is 4.79 Å². The molecule has 7 heteroatoms. The molecule has 1 heterocycles. The average Bonchev–Trinajstić information content (AvgIpc) is 3.29. The van der Waals surface area contributed by atoms with Crippen molar-refractivity contribution in [2.24, 2.45) is 23.2 Å².